The largest absolute Gasteiger partial charge is 0.469 e. The lowest BCUT2D eigenvalue weighted by atomic mass is 9.68. The number of rotatable bonds is 3. The van der Waals surface area contributed by atoms with Crippen molar-refractivity contribution in [1.29, 1.82) is 0 Å². The van der Waals surface area contributed by atoms with E-state index in [1.165, 1.54) is 14.2 Å². The fourth-order valence-corrected chi connectivity index (χ4v) is 3.77. The molecule has 0 aromatic rings. The van der Waals surface area contributed by atoms with Gasteiger partial charge in [0, 0.05) is 20.1 Å². The van der Waals surface area contributed by atoms with Gasteiger partial charge < -0.3 is 10.1 Å². The van der Waals surface area contributed by atoms with E-state index in [0.717, 1.165) is 25.7 Å². The SMILES string of the molecule is CNC(=O)NC(=O)[C@H](C)N1C[C@H]2CCCC[C@@]2(C(=O)OC)C1. The van der Waals surface area contributed by atoms with E-state index in [-0.39, 0.29) is 17.8 Å². The van der Waals surface area contributed by atoms with E-state index in [1.54, 1.807) is 6.92 Å². The highest BCUT2D eigenvalue weighted by molar-refractivity contribution is 5.96. The van der Waals surface area contributed by atoms with Crippen LogP contribution in [0.3, 0.4) is 0 Å². The molecule has 3 amide bonds. The van der Waals surface area contributed by atoms with Crippen molar-refractivity contribution in [3.05, 3.63) is 0 Å². The quantitative estimate of drug-likeness (QED) is 0.741. The van der Waals surface area contributed by atoms with Crippen molar-refractivity contribution in [2.45, 2.75) is 38.6 Å². The monoisotopic (exact) mass is 311 g/mol. The van der Waals surface area contributed by atoms with Crippen LogP contribution in [0.5, 0.6) is 0 Å². The first-order valence-corrected chi connectivity index (χ1v) is 7.79. The summed E-state index contributed by atoms with van der Waals surface area (Å²) in [6.07, 6.45) is 3.91. The van der Waals surface area contributed by atoms with Crippen molar-refractivity contribution in [3.8, 4) is 0 Å². The number of hydrogen-bond acceptors (Lipinski definition) is 5. The van der Waals surface area contributed by atoms with Gasteiger partial charge in [-0.25, -0.2) is 4.79 Å². The topological polar surface area (TPSA) is 87.7 Å². The number of carbonyl (C=O) groups excluding carboxylic acids is 3. The maximum atomic E-state index is 12.3. The first-order valence-electron chi connectivity index (χ1n) is 7.79. The van der Waals surface area contributed by atoms with E-state index in [4.69, 9.17) is 4.74 Å². The van der Waals surface area contributed by atoms with E-state index < -0.39 is 17.5 Å². The number of likely N-dealkylation sites (tertiary alicyclic amines) is 1. The van der Waals surface area contributed by atoms with Gasteiger partial charge in [-0.05, 0) is 25.7 Å². The molecule has 3 atom stereocenters. The van der Waals surface area contributed by atoms with Crippen molar-refractivity contribution in [2.24, 2.45) is 11.3 Å². The normalized spacial score (nSPS) is 29.3. The van der Waals surface area contributed by atoms with Gasteiger partial charge in [-0.2, -0.15) is 0 Å². The predicted molar refractivity (Wildman–Crippen MR) is 80.0 cm³/mol. The Bertz CT molecular complexity index is 468. The van der Waals surface area contributed by atoms with Crippen molar-refractivity contribution in [2.75, 3.05) is 27.2 Å². The van der Waals surface area contributed by atoms with E-state index in [0.29, 0.717) is 13.1 Å². The zero-order valence-electron chi connectivity index (χ0n) is 13.5. The standard InChI is InChI=1S/C15H25N3O4/c1-10(12(19)17-14(21)16-2)18-8-11-6-4-5-7-15(11,9-18)13(20)22-3/h10-11H,4-9H2,1-3H3,(H2,16,17,19,21)/t10-,11+,15+/m0/s1. The lowest BCUT2D eigenvalue weighted by Gasteiger charge is -2.35. The van der Waals surface area contributed by atoms with Gasteiger partial charge in [0.1, 0.15) is 0 Å². The number of imide groups is 1. The molecule has 2 N–H and O–H groups in total. The minimum Gasteiger partial charge on any atom is -0.469 e. The van der Waals surface area contributed by atoms with Crippen molar-refractivity contribution >= 4 is 17.9 Å². The molecule has 22 heavy (non-hydrogen) atoms. The number of amides is 3. The Hall–Kier alpha value is -1.63. The third-order valence-corrected chi connectivity index (χ3v) is 5.13. The Morgan fingerprint density at radius 3 is 2.68 bits per heavy atom. The van der Waals surface area contributed by atoms with Crippen LogP contribution in [0.15, 0.2) is 0 Å². The molecule has 0 radical (unpaired) electrons. The molecule has 2 fully saturated rings. The lowest BCUT2D eigenvalue weighted by Crippen LogP contribution is -2.49. The van der Waals surface area contributed by atoms with Crippen LogP contribution in [0.2, 0.25) is 0 Å². The van der Waals surface area contributed by atoms with E-state index in [1.807, 2.05) is 4.90 Å². The summed E-state index contributed by atoms with van der Waals surface area (Å²) < 4.78 is 5.03. The summed E-state index contributed by atoms with van der Waals surface area (Å²) in [5.41, 5.74) is -0.492. The van der Waals surface area contributed by atoms with Gasteiger partial charge in [0.15, 0.2) is 0 Å². The molecule has 0 aromatic carbocycles. The van der Waals surface area contributed by atoms with E-state index in [9.17, 15) is 14.4 Å². The van der Waals surface area contributed by atoms with Gasteiger partial charge in [0.05, 0.1) is 18.6 Å². The first-order chi connectivity index (χ1) is 10.4. The van der Waals surface area contributed by atoms with Crippen LogP contribution in [0.1, 0.15) is 32.6 Å². The summed E-state index contributed by atoms with van der Waals surface area (Å²) in [7, 11) is 2.89. The molecule has 1 saturated carbocycles. The van der Waals surface area contributed by atoms with Crippen LogP contribution < -0.4 is 10.6 Å². The van der Waals surface area contributed by atoms with E-state index in [2.05, 4.69) is 10.6 Å². The fraction of sp³-hybridized carbons (Fsp3) is 0.800. The third kappa shape index (κ3) is 2.95. The number of urea groups is 1. The molecule has 1 heterocycles. The van der Waals surface area contributed by atoms with Crippen molar-refractivity contribution in [3.63, 3.8) is 0 Å². The molecule has 2 rings (SSSR count). The first kappa shape index (κ1) is 16.7. The highest BCUT2D eigenvalue weighted by Gasteiger charge is 2.54. The van der Waals surface area contributed by atoms with Crippen LogP contribution in [0, 0.1) is 11.3 Å². The van der Waals surface area contributed by atoms with Gasteiger partial charge in [-0.1, -0.05) is 12.8 Å². The number of fused-ring (bicyclic) bond motifs is 1. The minimum atomic E-state index is -0.517. The summed E-state index contributed by atoms with van der Waals surface area (Å²) in [6.45, 7) is 2.98. The predicted octanol–water partition coefficient (Wildman–Crippen LogP) is 0.496. The number of carbonyl (C=O) groups is 3. The highest BCUT2D eigenvalue weighted by Crippen LogP contribution is 2.48. The molecule has 0 bridgehead atoms. The molecule has 124 valence electrons. The van der Waals surface area contributed by atoms with Crippen LogP contribution in [0.4, 0.5) is 4.79 Å². The van der Waals surface area contributed by atoms with Crippen LogP contribution in [-0.2, 0) is 14.3 Å². The van der Waals surface area contributed by atoms with Gasteiger partial charge in [-0.15, -0.1) is 0 Å². The Labute approximate surface area is 130 Å². The lowest BCUT2D eigenvalue weighted by molar-refractivity contribution is -0.156. The molecule has 1 aliphatic carbocycles. The second-order valence-electron chi connectivity index (χ2n) is 6.26. The third-order valence-electron chi connectivity index (χ3n) is 5.13. The summed E-state index contributed by atoms with van der Waals surface area (Å²) in [5, 5.41) is 4.66. The number of esters is 1. The number of ether oxygens (including phenoxy) is 1. The molecule has 7 nitrogen and oxygen atoms in total. The second-order valence-corrected chi connectivity index (χ2v) is 6.26. The molecule has 7 heteroatoms. The molecule has 1 aliphatic heterocycles. The summed E-state index contributed by atoms with van der Waals surface area (Å²) in [5.74, 6) is -0.291. The smallest absolute Gasteiger partial charge is 0.321 e. The molecular formula is C15H25N3O4. The zero-order chi connectivity index (χ0) is 16.3. The molecule has 0 unspecified atom stereocenters. The van der Waals surface area contributed by atoms with Crippen molar-refractivity contribution < 1.29 is 19.1 Å². The van der Waals surface area contributed by atoms with Crippen LogP contribution >= 0.6 is 0 Å². The average molecular weight is 311 g/mol. The van der Waals surface area contributed by atoms with Crippen molar-refractivity contribution in [1.82, 2.24) is 15.5 Å². The van der Waals surface area contributed by atoms with Crippen LogP contribution in [-0.4, -0.2) is 56.1 Å². The maximum absolute atomic E-state index is 12.3. The van der Waals surface area contributed by atoms with Gasteiger partial charge in [0.25, 0.3) is 0 Å². The Morgan fingerprint density at radius 2 is 2.05 bits per heavy atom. The second kappa shape index (κ2) is 6.64. The number of nitrogens with zero attached hydrogens (tertiary/aromatic N) is 1. The Morgan fingerprint density at radius 1 is 1.32 bits per heavy atom. The summed E-state index contributed by atoms with van der Waals surface area (Å²) in [6, 6.07) is -0.972. The van der Waals surface area contributed by atoms with Gasteiger partial charge >= 0.3 is 12.0 Å². The molecule has 0 spiro atoms. The van der Waals surface area contributed by atoms with Crippen LogP contribution in [0.25, 0.3) is 0 Å². The average Bonchev–Trinajstić information content (AvgIpc) is 2.93. The molecule has 1 saturated heterocycles. The molecular weight excluding hydrogens is 286 g/mol. The zero-order valence-corrected chi connectivity index (χ0v) is 13.5. The maximum Gasteiger partial charge on any atom is 0.321 e. The number of methoxy groups -OCH3 is 1. The fourth-order valence-electron chi connectivity index (χ4n) is 3.77. The Balaban J connectivity index is 2.10. The number of nitrogens with one attached hydrogen (secondary N) is 2. The molecule has 2 aliphatic rings. The molecule has 0 aromatic heterocycles. The minimum absolute atomic E-state index is 0.168. The van der Waals surface area contributed by atoms with E-state index >= 15 is 0 Å². The van der Waals surface area contributed by atoms with Gasteiger partial charge in [0.2, 0.25) is 5.91 Å². The number of hydrogen-bond donors (Lipinski definition) is 2. The summed E-state index contributed by atoms with van der Waals surface area (Å²) >= 11 is 0. The van der Waals surface area contributed by atoms with Gasteiger partial charge in [-0.3, -0.25) is 19.8 Å². The highest BCUT2D eigenvalue weighted by atomic mass is 16.5. The Kier molecular flexibility index (Phi) is 5.05. The summed E-state index contributed by atoms with van der Waals surface area (Å²) in [4.78, 5) is 37.7.